The second-order valence-electron chi connectivity index (χ2n) is 5.26. The lowest BCUT2D eigenvalue weighted by Gasteiger charge is -2.01. The fourth-order valence-electron chi connectivity index (χ4n) is 2.07. The van der Waals surface area contributed by atoms with E-state index in [1.165, 1.54) is 44.9 Å². The van der Waals surface area contributed by atoms with Crippen molar-refractivity contribution in [3.05, 3.63) is 36.5 Å². The van der Waals surface area contributed by atoms with Crippen molar-refractivity contribution in [1.29, 1.82) is 0 Å². The second-order valence-corrected chi connectivity index (χ2v) is 5.26. The van der Waals surface area contributed by atoms with Gasteiger partial charge in [-0.2, -0.15) is 0 Å². The van der Waals surface area contributed by atoms with Crippen LogP contribution in [0.25, 0.3) is 0 Å². The SMILES string of the molecule is CCC=CCC=CCC=CCCCCCCCCONC. The number of allylic oxidation sites excluding steroid dienone is 6. The number of nitrogens with one attached hydrogen (secondary N) is 1. The summed E-state index contributed by atoms with van der Waals surface area (Å²) >= 11 is 0. The van der Waals surface area contributed by atoms with E-state index in [4.69, 9.17) is 4.84 Å². The van der Waals surface area contributed by atoms with Crippen LogP contribution in [0.5, 0.6) is 0 Å². The fourth-order valence-corrected chi connectivity index (χ4v) is 2.07. The zero-order valence-corrected chi connectivity index (χ0v) is 14.2. The number of unbranched alkanes of at least 4 members (excludes halogenated alkanes) is 6. The second kappa shape index (κ2) is 19.1. The summed E-state index contributed by atoms with van der Waals surface area (Å²) in [7, 11) is 1.81. The van der Waals surface area contributed by atoms with E-state index in [1.54, 1.807) is 0 Å². The molecular weight excluding hydrogens is 258 g/mol. The highest BCUT2D eigenvalue weighted by Gasteiger charge is 1.90. The highest BCUT2D eigenvalue weighted by molar-refractivity contribution is 4.96. The number of hydrogen-bond donors (Lipinski definition) is 1. The standard InChI is InChI=1S/C19H35NO/c1-3-4-5-6-7-8-9-10-11-12-13-14-15-16-17-18-19-21-20-2/h4-5,7-8,10-11,20H,3,6,9,12-19H2,1-2H3. The molecule has 0 spiro atoms. The Kier molecular flexibility index (Phi) is 18.4. The van der Waals surface area contributed by atoms with Gasteiger partial charge in [-0.15, -0.1) is 0 Å². The Morgan fingerprint density at radius 1 is 0.714 bits per heavy atom. The highest BCUT2D eigenvalue weighted by Crippen LogP contribution is 2.07. The van der Waals surface area contributed by atoms with Crippen molar-refractivity contribution in [1.82, 2.24) is 5.48 Å². The quantitative estimate of drug-likeness (QED) is 0.236. The third-order valence-electron chi connectivity index (χ3n) is 3.29. The number of rotatable bonds is 15. The van der Waals surface area contributed by atoms with Gasteiger partial charge in [-0.25, -0.2) is 5.48 Å². The van der Waals surface area contributed by atoms with Gasteiger partial charge in [-0.1, -0.05) is 69.1 Å². The summed E-state index contributed by atoms with van der Waals surface area (Å²) in [5, 5.41) is 0. The van der Waals surface area contributed by atoms with Gasteiger partial charge in [0.05, 0.1) is 6.61 Å². The molecule has 0 aliphatic carbocycles. The van der Waals surface area contributed by atoms with Gasteiger partial charge < -0.3 is 4.84 Å². The van der Waals surface area contributed by atoms with Gasteiger partial charge in [0, 0.05) is 7.05 Å². The molecule has 1 N–H and O–H groups in total. The zero-order valence-electron chi connectivity index (χ0n) is 14.2. The molecule has 0 aromatic carbocycles. The average molecular weight is 293 g/mol. The van der Waals surface area contributed by atoms with Gasteiger partial charge >= 0.3 is 0 Å². The summed E-state index contributed by atoms with van der Waals surface area (Å²) in [6.45, 7) is 3.00. The number of hydroxylamine groups is 1. The molecule has 2 heteroatoms. The summed E-state index contributed by atoms with van der Waals surface area (Å²) in [6.07, 6.45) is 25.9. The smallest absolute Gasteiger partial charge is 0.0682 e. The van der Waals surface area contributed by atoms with Gasteiger partial charge in [0.25, 0.3) is 0 Å². The topological polar surface area (TPSA) is 21.3 Å². The minimum absolute atomic E-state index is 0.834. The normalized spacial score (nSPS) is 12.3. The first-order chi connectivity index (χ1) is 10.4. The van der Waals surface area contributed by atoms with Crippen molar-refractivity contribution >= 4 is 0 Å². The van der Waals surface area contributed by atoms with Crippen molar-refractivity contribution < 1.29 is 4.84 Å². The molecule has 0 rings (SSSR count). The summed E-state index contributed by atoms with van der Waals surface area (Å²) in [4.78, 5) is 5.08. The van der Waals surface area contributed by atoms with E-state index in [9.17, 15) is 0 Å². The minimum atomic E-state index is 0.834. The summed E-state index contributed by atoms with van der Waals surface area (Å²) in [5.41, 5.74) is 2.70. The maximum atomic E-state index is 5.08. The van der Waals surface area contributed by atoms with Crippen LogP contribution in [-0.2, 0) is 4.84 Å². The molecule has 0 atom stereocenters. The maximum absolute atomic E-state index is 5.08. The van der Waals surface area contributed by atoms with Crippen LogP contribution in [0.4, 0.5) is 0 Å². The predicted molar refractivity (Wildman–Crippen MR) is 94.3 cm³/mol. The Hall–Kier alpha value is -0.860. The van der Waals surface area contributed by atoms with Crippen molar-refractivity contribution in [2.45, 2.75) is 71.1 Å². The summed E-state index contributed by atoms with van der Waals surface area (Å²) in [6, 6.07) is 0. The molecule has 21 heavy (non-hydrogen) atoms. The van der Waals surface area contributed by atoms with E-state index >= 15 is 0 Å². The molecule has 0 saturated heterocycles. The molecule has 0 bridgehead atoms. The van der Waals surface area contributed by atoms with Crippen molar-refractivity contribution in [2.75, 3.05) is 13.7 Å². The van der Waals surface area contributed by atoms with Crippen LogP contribution in [0, 0.1) is 0 Å². The van der Waals surface area contributed by atoms with E-state index in [0.29, 0.717) is 0 Å². The Balaban J connectivity index is 3.16. The van der Waals surface area contributed by atoms with E-state index in [1.807, 2.05) is 7.05 Å². The lowest BCUT2D eigenvalue weighted by atomic mass is 10.1. The Morgan fingerprint density at radius 3 is 1.95 bits per heavy atom. The zero-order chi connectivity index (χ0) is 15.4. The third kappa shape index (κ3) is 19.1. The Labute approximate surface area is 132 Å². The molecule has 0 aromatic heterocycles. The molecule has 0 aromatic rings. The van der Waals surface area contributed by atoms with Gasteiger partial charge in [0.15, 0.2) is 0 Å². The maximum Gasteiger partial charge on any atom is 0.0682 e. The minimum Gasteiger partial charge on any atom is -0.302 e. The monoisotopic (exact) mass is 293 g/mol. The first-order valence-electron chi connectivity index (χ1n) is 8.65. The van der Waals surface area contributed by atoms with Crippen molar-refractivity contribution in [2.24, 2.45) is 0 Å². The summed E-state index contributed by atoms with van der Waals surface area (Å²) in [5.74, 6) is 0. The molecule has 0 heterocycles. The van der Waals surface area contributed by atoms with E-state index in [2.05, 4.69) is 48.9 Å². The van der Waals surface area contributed by atoms with Gasteiger partial charge in [0.2, 0.25) is 0 Å². The van der Waals surface area contributed by atoms with Gasteiger partial charge in [-0.05, 0) is 38.5 Å². The average Bonchev–Trinajstić information content (AvgIpc) is 2.50. The van der Waals surface area contributed by atoms with Crippen molar-refractivity contribution in [3.8, 4) is 0 Å². The molecule has 0 fully saturated rings. The number of hydrogen-bond acceptors (Lipinski definition) is 2. The lowest BCUT2D eigenvalue weighted by molar-refractivity contribution is 0.0550. The first kappa shape index (κ1) is 20.1. The fraction of sp³-hybridized carbons (Fsp3) is 0.684. The molecule has 0 saturated carbocycles. The van der Waals surface area contributed by atoms with Crippen LogP contribution in [0.3, 0.4) is 0 Å². The van der Waals surface area contributed by atoms with Crippen LogP contribution < -0.4 is 5.48 Å². The Bertz CT molecular complexity index is 269. The van der Waals surface area contributed by atoms with Gasteiger partial charge in [0.1, 0.15) is 0 Å². The lowest BCUT2D eigenvalue weighted by Crippen LogP contribution is -2.07. The van der Waals surface area contributed by atoms with Crippen LogP contribution in [0.15, 0.2) is 36.5 Å². The highest BCUT2D eigenvalue weighted by atomic mass is 16.6. The van der Waals surface area contributed by atoms with Crippen LogP contribution in [-0.4, -0.2) is 13.7 Å². The van der Waals surface area contributed by atoms with Gasteiger partial charge in [-0.3, -0.25) is 0 Å². The van der Waals surface area contributed by atoms with Crippen LogP contribution >= 0.6 is 0 Å². The molecule has 0 aliphatic heterocycles. The summed E-state index contributed by atoms with van der Waals surface area (Å²) < 4.78 is 0. The molecule has 0 unspecified atom stereocenters. The molecule has 0 radical (unpaired) electrons. The largest absolute Gasteiger partial charge is 0.302 e. The molecule has 0 aliphatic rings. The third-order valence-corrected chi connectivity index (χ3v) is 3.29. The Morgan fingerprint density at radius 2 is 1.29 bits per heavy atom. The van der Waals surface area contributed by atoms with Crippen LogP contribution in [0.2, 0.25) is 0 Å². The molecule has 2 nitrogen and oxygen atoms in total. The predicted octanol–water partition coefficient (Wildman–Crippen LogP) is 5.73. The van der Waals surface area contributed by atoms with E-state index in [0.717, 1.165) is 25.9 Å². The van der Waals surface area contributed by atoms with E-state index in [-0.39, 0.29) is 0 Å². The first-order valence-corrected chi connectivity index (χ1v) is 8.65. The molecule has 0 amide bonds. The molecular formula is C19H35NO. The molecule has 122 valence electrons. The van der Waals surface area contributed by atoms with E-state index < -0.39 is 0 Å². The van der Waals surface area contributed by atoms with Crippen molar-refractivity contribution in [3.63, 3.8) is 0 Å². The van der Waals surface area contributed by atoms with Crippen LogP contribution in [0.1, 0.15) is 71.1 Å².